The second kappa shape index (κ2) is 4.84. The van der Waals surface area contributed by atoms with Gasteiger partial charge in [0.1, 0.15) is 5.75 Å². The molecule has 0 spiro atoms. The zero-order chi connectivity index (χ0) is 10.7. The molecule has 0 amide bonds. The van der Waals surface area contributed by atoms with Crippen molar-refractivity contribution in [3.63, 3.8) is 0 Å². The molecule has 0 aliphatic carbocycles. The van der Waals surface area contributed by atoms with E-state index in [9.17, 15) is 5.11 Å². The Hall–Kier alpha value is -0.480. The molecule has 0 aromatic heterocycles. The van der Waals surface area contributed by atoms with Crippen LogP contribution in [0.2, 0.25) is 10.0 Å². The summed E-state index contributed by atoms with van der Waals surface area (Å²) in [5, 5.41) is 18.8. The van der Waals surface area contributed by atoms with Crippen molar-refractivity contribution < 1.29 is 10.2 Å². The molecule has 0 aliphatic rings. The number of phenols is 1. The van der Waals surface area contributed by atoms with Gasteiger partial charge in [0.2, 0.25) is 0 Å². The molecule has 5 heteroatoms. The Bertz CT molecular complexity index is 331. The number of phenolic OH excluding ortho intramolecular Hbond substituents is 1. The molecule has 1 rings (SSSR count). The lowest BCUT2D eigenvalue weighted by Gasteiger charge is -2.13. The summed E-state index contributed by atoms with van der Waals surface area (Å²) < 4.78 is 0. The fourth-order valence-corrected chi connectivity index (χ4v) is 1.67. The summed E-state index contributed by atoms with van der Waals surface area (Å²) in [7, 11) is 0. The standard InChI is InChI=1S/C9H11Cl2NO2/c10-5-3-6(8(12)1-2-13)9(14)7(11)4-5/h3-4,8,13-14H,1-2,12H2/t8-/m0/s1. The highest BCUT2D eigenvalue weighted by Crippen LogP contribution is 2.34. The van der Waals surface area contributed by atoms with Gasteiger partial charge in [-0.1, -0.05) is 23.2 Å². The summed E-state index contributed by atoms with van der Waals surface area (Å²) in [5.41, 5.74) is 6.16. The van der Waals surface area contributed by atoms with E-state index in [1.165, 1.54) is 6.07 Å². The van der Waals surface area contributed by atoms with Crippen molar-refractivity contribution in [2.45, 2.75) is 12.5 Å². The van der Waals surface area contributed by atoms with E-state index in [-0.39, 0.29) is 17.4 Å². The molecule has 0 saturated carbocycles. The van der Waals surface area contributed by atoms with Gasteiger partial charge in [-0.3, -0.25) is 0 Å². The van der Waals surface area contributed by atoms with Crippen LogP contribution in [0.4, 0.5) is 0 Å². The van der Waals surface area contributed by atoms with Crippen LogP contribution >= 0.6 is 23.2 Å². The van der Waals surface area contributed by atoms with E-state index in [1.54, 1.807) is 6.07 Å². The van der Waals surface area contributed by atoms with E-state index in [0.717, 1.165) is 0 Å². The smallest absolute Gasteiger partial charge is 0.139 e. The van der Waals surface area contributed by atoms with Gasteiger partial charge in [0.05, 0.1) is 5.02 Å². The highest BCUT2D eigenvalue weighted by Gasteiger charge is 2.14. The first-order valence-electron chi connectivity index (χ1n) is 4.10. The summed E-state index contributed by atoms with van der Waals surface area (Å²) in [6.07, 6.45) is 0.351. The van der Waals surface area contributed by atoms with Crippen molar-refractivity contribution >= 4 is 23.2 Å². The maximum absolute atomic E-state index is 9.57. The molecule has 0 radical (unpaired) electrons. The average Bonchev–Trinajstić information content (AvgIpc) is 2.11. The van der Waals surface area contributed by atoms with Gasteiger partial charge >= 0.3 is 0 Å². The molecule has 4 N–H and O–H groups in total. The molecule has 14 heavy (non-hydrogen) atoms. The molecule has 0 heterocycles. The van der Waals surface area contributed by atoms with E-state index in [1.807, 2.05) is 0 Å². The molecule has 78 valence electrons. The number of benzene rings is 1. The largest absolute Gasteiger partial charge is 0.506 e. The summed E-state index contributed by atoms with van der Waals surface area (Å²) in [6.45, 7) is -0.0509. The Morgan fingerprint density at radius 2 is 2.00 bits per heavy atom. The number of aromatic hydroxyl groups is 1. The zero-order valence-corrected chi connectivity index (χ0v) is 8.89. The minimum atomic E-state index is -0.462. The first-order chi connectivity index (χ1) is 6.56. The summed E-state index contributed by atoms with van der Waals surface area (Å²) in [4.78, 5) is 0. The number of aliphatic hydroxyl groups excluding tert-OH is 1. The second-order valence-corrected chi connectivity index (χ2v) is 3.79. The van der Waals surface area contributed by atoms with Gasteiger partial charge in [-0.25, -0.2) is 0 Å². The van der Waals surface area contributed by atoms with Crippen molar-refractivity contribution in [3.8, 4) is 5.75 Å². The molecule has 0 saturated heterocycles. The van der Waals surface area contributed by atoms with Crippen molar-refractivity contribution in [1.29, 1.82) is 0 Å². The van der Waals surface area contributed by atoms with Crippen LogP contribution < -0.4 is 5.73 Å². The third-order valence-corrected chi connectivity index (χ3v) is 2.40. The summed E-state index contributed by atoms with van der Waals surface area (Å²) >= 11 is 11.5. The van der Waals surface area contributed by atoms with Crippen LogP contribution in [-0.4, -0.2) is 16.8 Å². The van der Waals surface area contributed by atoms with Gasteiger partial charge in [0, 0.05) is 23.2 Å². The number of hydrogen-bond acceptors (Lipinski definition) is 3. The predicted molar refractivity (Wildman–Crippen MR) is 56.8 cm³/mol. The second-order valence-electron chi connectivity index (χ2n) is 2.94. The number of halogens is 2. The maximum Gasteiger partial charge on any atom is 0.139 e. The fraction of sp³-hybridized carbons (Fsp3) is 0.333. The van der Waals surface area contributed by atoms with Crippen molar-refractivity contribution in [1.82, 2.24) is 0 Å². The topological polar surface area (TPSA) is 66.5 Å². The third kappa shape index (κ3) is 2.51. The highest BCUT2D eigenvalue weighted by molar-refractivity contribution is 6.35. The molecule has 0 fully saturated rings. The Labute approximate surface area is 92.1 Å². The van der Waals surface area contributed by atoms with Crippen molar-refractivity contribution in [2.24, 2.45) is 5.73 Å². The van der Waals surface area contributed by atoms with Crippen LogP contribution in [0.3, 0.4) is 0 Å². The number of aliphatic hydroxyl groups is 1. The maximum atomic E-state index is 9.57. The molecule has 0 aliphatic heterocycles. The number of nitrogens with two attached hydrogens (primary N) is 1. The van der Waals surface area contributed by atoms with Crippen molar-refractivity contribution in [2.75, 3.05) is 6.61 Å². The van der Waals surface area contributed by atoms with Crippen LogP contribution in [-0.2, 0) is 0 Å². The fourth-order valence-electron chi connectivity index (χ4n) is 1.16. The van der Waals surface area contributed by atoms with Crippen LogP contribution in [0.1, 0.15) is 18.0 Å². The van der Waals surface area contributed by atoms with Gasteiger partial charge in [-0.15, -0.1) is 0 Å². The van der Waals surface area contributed by atoms with Gasteiger partial charge in [-0.05, 0) is 18.6 Å². The normalized spacial score (nSPS) is 12.9. The van der Waals surface area contributed by atoms with Crippen LogP contribution in [0, 0.1) is 0 Å². The van der Waals surface area contributed by atoms with Crippen LogP contribution in [0.25, 0.3) is 0 Å². The Morgan fingerprint density at radius 1 is 1.36 bits per heavy atom. The number of rotatable bonds is 3. The van der Waals surface area contributed by atoms with E-state index >= 15 is 0 Å². The minimum absolute atomic E-state index is 0.0509. The lowest BCUT2D eigenvalue weighted by Crippen LogP contribution is -2.12. The van der Waals surface area contributed by atoms with E-state index in [0.29, 0.717) is 17.0 Å². The van der Waals surface area contributed by atoms with Gasteiger partial charge in [0.15, 0.2) is 0 Å². The van der Waals surface area contributed by atoms with Gasteiger partial charge in [-0.2, -0.15) is 0 Å². The zero-order valence-electron chi connectivity index (χ0n) is 7.37. The first-order valence-corrected chi connectivity index (χ1v) is 4.86. The van der Waals surface area contributed by atoms with Crippen molar-refractivity contribution in [3.05, 3.63) is 27.7 Å². The average molecular weight is 236 g/mol. The van der Waals surface area contributed by atoms with Crippen LogP contribution in [0.5, 0.6) is 5.75 Å². The predicted octanol–water partition coefficient (Wildman–Crippen LogP) is 2.08. The highest BCUT2D eigenvalue weighted by atomic mass is 35.5. The lowest BCUT2D eigenvalue weighted by atomic mass is 10.0. The summed E-state index contributed by atoms with van der Waals surface area (Å²) in [5.74, 6) is -0.0722. The Morgan fingerprint density at radius 3 is 2.57 bits per heavy atom. The molecule has 1 atom stereocenters. The molecular formula is C9H11Cl2NO2. The quantitative estimate of drug-likeness (QED) is 0.752. The Balaban J connectivity index is 3.07. The molecule has 1 aromatic carbocycles. The molecule has 0 bridgehead atoms. The number of hydrogen-bond donors (Lipinski definition) is 3. The Kier molecular flexibility index (Phi) is 4.01. The lowest BCUT2D eigenvalue weighted by molar-refractivity contribution is 0.275. The summed E-state index contributed by atoms with van der Waals surface area (Å²) in [6, 6.07) is 2.52. The molecule has 3 nitrogen and oxygen atoms in total. The SMILES string of the molecule is N[C@@H](CCO)c1cc(Cl)cc(Cl)c1O. The monoisotopic (exact) mass is 235 g/mol. The van der Waals surface area contributed by atoms with Crippen LogP contribution in [0.15, 0.2) is 12.1 Å². The molecular weight excluding hydrogens is 225 g/mol. The van der Waals surface area contributed by atoms with E-state index in [2.05, 4.69) is 0 Å². The molecule has 1 aromatic rings. The van der Waals surface area contributed by atoms with E-state index in [4.69, 9.17) is 34.0 Å². The third-order valence-electron chi connectivity index (χ3n) is 1.90. The molecule has 0 unspecified atom stereocenters. The minimum Gasteiger partial charge on any atom is -0.506 e. The van der Waals surface area contributed by atoms with Gasteiger partial charge in [0.25, 0.3) is 0 Å². The first kappa shape index (κ1) is 11.6. The van der Waals surface area contributed by atoms with E-state index < -0.39 is 6.04 Å². The van der Waals surface area contributed by atoms with Gasteiger partial charge < -0.3 is 15.9 Å².